The molecular formula is C23H25BN6O8. The molecule has 1 fully saturated rings. The van der Waals surface area contributed by atoms with Gasteiger partial charge in [-0.05, 0) is 31.0 Å². The number of pyridine rings is 1. The summed E-state index contributed by atoms with van der Waals surface area (Å²) in [4.78, 5) is 68.5. The van der Waals surface area contributed by atoms with E-state index in [4.69, 9.17) is 10.4 Å². The number of hydrogen-bond donors (Lipinski definition) is 5. The van der Waals surface area contributed by atoms with E-state index in [1.165, 1.54) is 35.4 Å². The Hall–Kier alpha value is -4.66. The van der Waals surface area contributed by atoms with Crippen molar-refractivity contribution in [1.82, 2.24) is 25.4 Å². The summed E-state index contributed by atoms with van der Waals surface area (Å²) in [6.07, 6.45) is 1.31. The van der Waals surface area contributed by atoms with Crippen molar-refractivity contribution in [3.8, 4) is 5.75 Å². The fraction of sp³-hybridized carbons (Fsp3) is 0.304. The van der Waals surface area contributed by atoms with E-state index in [9.17, 15) is 34.1 Å². The number of likely N-dealkylation sites (N-methyl/N-ethyl adjacent to an activating group) is 1. The molecular weight excluding hydrogens is 499 g/mol. The van der Waals surface area contributed by atoms with Crippen LogP contribution in [-0.2, 0) is 20.8 Å². The Bertz CT molecular complexity index is 1290. The van der Waals surface area contributed by atoms with Gasteiger partial charge in [-0.1, -0.05) is 18.2 Å². The maximum Gasteiger partial charge on any atom is 0.547 e. The minimum absolute atomic E-state index is 0.0000116. The Balaban J connectivity index is 1.54. The third kappa shape index (κ3) is 5.22. The van der Waals surface area contributed by atoms with Crippen LogP contribution in [0.15, 0.2) is 36.5 Å². The number of urea groups is 1. The number of aromatic carboxylic acids is 1. The number of nitrogens with one attached hydrogen (secondary N) is 2. The molecule has 0 spiro atoms. The van der Waals surface area contributed by atoms with Crippen molar-refractivity contribution < 1.29 is 38.8 Å². The highest BCUT2D eigenvalue weighted by atomic mass is 16.5. The van der Waals surface area contributed by atoms with Crippen LogP contribution in [0.5, 0.6) is 5.75 Å². The van der Waals surface area contributed by atoms with Gasteiger partial charge in [-0.2, -0.15) is 0 Å². The molecule has 1 unspecified atom stereocenters. The second-order valence-corrected chi connectivity index (χ2v) is 8.67. The first-order valence-electron chi connectivity index (χ1n) is 11.7. The van der Waals surface area contributed by atoms with Gasteiger partial charge in [-0.15, -0.1) is 0 Å². The van der Waals surface area contributed by atoms with E-state index >= 15 is 0 Å². The first kappa shape index (κ1) is 26.4. The summed E-state index contributed by atoms with van der Waals surface area (Å²) in [7, 11) is -1.59. The van der Waals surface area contributed by atoms with Gasteiger partial charge in [0.15, 0.2) is 0 Å². The zero-order valence-electron chi connectivity index (χ0n) is 20.3. The monoisotopic (exact) mass is 524 g/mol. The number of benzene rings is 1. The predicted octanol–water partition coefficient (Wildman–Crippen LogP) is -1.06. The van der Waals surface area contributed by atoms with Crippen LogP contribution in [-0.4, -0.2) is 87.3 Å². The van der Waals surface area contributed by atoms with Crippen LogP contribution in [0.25, 0.3) is 0 Å². The van der Waals surface area contributed by atoms with Crippen LogP contribution in [0, 0.1) is 0 Å². The van der Waals surface area contributed by atoms with Crippen LogP contribution in [0.2, 0.25) is 0 Å². The molecule has 0 aliphatic carbocycles. The molecule has 4 rings (SSSR count). The van der Waals surface area contributed by atoms with E-state index in [1.807, 2.05) is 0 Å². The van der Waals surface area contributed by atoms with E-state index < -0.39 is 48.8 Å². The normalized spacial score (nSPS) is 17.8. The molecule has 2 atom stereocenters. The number of nitrogens with zero attached hydrogens (tertiary/aromatic N) is 3. The smallest absolute Gasteiger partial charge is 0.534 e. The van der Waals surface area contributed by atoms with Crippen LogP contribution < -0.4 is 21.0 Å². The number of hydrogen-bond acceptors (Lipinski definition) is 9. The molecule has 1 saturated heterocycles. The van der Waals surface area contributed by atoms with E-state index in [-0.39, 0.29) is 42.2 Å². The number of imide groups is 1. The molecule has 1 aromatic carbocycles. The van der Waals surface area contributed by atoms with Gasteiger partial charge in [0.2, 0.25) is 5.91 Å². The molecule has 15 heteroatoms. The molecule has 2 aliphatic heterocycles. The molecule has 1 aromatic heterocycles. The average molecular weight is 524 g/mol. The van der Waals surface area contributed by atoms with Crippen molar-refractivity contribution >= 4 is 42.7 Å². The molecule has 2 aliphatic rings. The average Bonchev–Trinajstić information content (AvgIpc) is 2.89. The highest BCUT2D eigenvalue weighted by Gasteiger charge is 2.41. The lowest BCUT2D eigenvalue weighted by atomic mass is 9.72. The fourth-order valence-electron chi connectivity index (χ4n) is 4.24. The second-order valence-electron chi connectivity index (χ2n) is 8.67. The Morgan fingerprint density at radius 3 is 2.63 bits per heavy atom. The first-order chi connectivity index (χ1) is 18.1. The van der Waals surface area contributed by atoms with Gasteiger partial charge >= 0.3 is 30.9 Å². The van der Waals surface area contributed by atoms with Crippen molar-refractivity contribution in [1.29, 1.82) is 0 Å². The molecule has 3 heterocycles. The van der Waals surface area contributed by atoms with Gasteiger partial charge in [-0.25, -0.2) is 14.6 Å². The van der Waals surface area contributed by atoms with Crippen LogP contribution in [0.4, 0.5) is 10.6 Å². The molecule has 0 bridgehead atoms. The summed E-state index contributed by atoms with van der Waals surface area (Å²) in [6.45, 7) is 2.11. The van der Waals surface area contributed by atoms with Gasteiger partial charge in [0.25, 0.3) is 0 Å². The predicted molar refractivity (Wildman–Crippen MR) is 132 cm³/mol. The number of carboxylic acids is 1. The third-order valence-electron chi connectivity index (χ3n) is 6.29. The van der Waals surface area contributed by atoms with Crippen molar-refractivity contribution in [2.45, 2.75) is 25.3 Å². The van der Waals surface area contributed by atoms with Crippen molar-refractivity contribution in [2.75, 3.05) is 25.4 Å². The van der Waals surface area contributed by atoms with Gasteiger partial charge in [0.05, 0.1) is 11.5 Å². The summed E-state index contributed by atoms with van der Waals surface area (Å²) < 4.78 is 5.41. The van der Waals surface area contributed by atoms with Crippen molar-refractivity contribution in [3.05, 3.63) is 53.2 Å². The molecule has 6 N–H and O–H groups in total. The zero-order chi connectivity index (χ0) is 27.6. The van der Waals surface area contributed by atoms with Crippen molar-refractivity contribution in [2.24, 2.45) is 0 Å². The minimum Gasteiger partial charge on any atom is -0.534 e. The van der Waals surface area contributed by atoms with Gasteiger partial charge in [0, 0.05) is 31.4 Å². The molecule has 198 valence electrons. The molecule has 0 saturated carbocycles. The number of aromatic nitrogens is 1. The molecule has 5 amide bonds. The number of rotatable bonds is 6. The minimum atomic E-state index is -1.59. The lowest BCUT2D eigenvalue weighted by Gasteiger charge is -2.33. The number of piperazine rings is 1. The zero-order valence-corrected chi connectivity index (χ0v) is 20.3. The molecule has 2 aromatic rings. The Labute approximate surface area is 216 Å². The lowest BCUT2D eigenvalue weighted by Crippen LogP contribution is -2.60. The summed E-state index contributed by atoms with van der Waals surface area (Å²) in [5.74, 6) is -4.70. The standard InChI is InChI=1S/C23H25BN6O8/c1-2-29-8-9-30(21(33)20(29)32)23(36)28-17(13-6-7-16(25)26-11-13)19(31)27-15-10-12-4-3-5-14(22(34)35)18(12)38-24(15)37/h3-7,11,15,17,37H,2,8-10H2,1H3,(H2,25,26)(H,27,31)(H,28,36)(H,34,35)/t15-,17?/m0/s1. The highest BCUT2D eigenvalue weighted by molar-refractivity contribution is 6.47. The number of nitrogen functional groups attached to an aromatic ring is 1. The van der Waals surface area contributed by atoms with Gasteiger partial charge in [0.1, 0.15) is 17.6 Å². The molecule has 38 heavy (non-hydrogen) atoms. The largest absolute Gasteiger partial charge is 0.547 e. The lowest BCUT2D eigenvalue weighted by molar-refractivity contribution is -0.153. The number of amides is 5. The number of fused-ring (bicyclic) bond motifs is 1. The fourth-order valence-corrected chi connectivity index (χ4v) is 4.24. The summed E-state index contributed by atoms with van der Waals surface area (Å²) >= 11 is 0. The number of carbonyl (C=O) groups is 5. The number of anilines is 1. The Kier molecular flexibility index (Phi) is 7.48. The molecule has 0 radical (unpaired) electrons. The molecule has 14 nitrogen and oxygen atoms in total. The third-order valence-corrected chi connectivity index (χ3v) is 6.29. The van der Waals surface area contributed by atoms with Gasteiger partial charge in [-0.3, -0.25) is 19.3 Å². The van der Waals surface area contributed by atoms with Crippen LogP contribution in [0.1, 0.15) is 34.5 Å². The number of carbonyl (C=O) groups excluding carboxylic acids is 4. The van der Waals surface area contributed by atoms with E-state index in [0.29, 0.717) is 12.1 Å². The summed E-state index contributed by atoms with van der Waals surface area (Å²) in [6, 6.07) is 4.97. The second kappa shape index (κ2) is 10.8. The van der Waals surface area contributed by atoms with E-state index in [0.717, 1.165) is 4.90 Å². The van der Waals surface area contributed by atoms with E-state index in [1.54, 1.807) is 13.0 Å². The van der Waals surface area contributed by atoms with Crippen LogP contribution in [0.3, 0.4) is 0 Å². The highest BCUT2D eigenvalue weighted by Crippen LogP contribution is 2.30. The topological polar surface area (TPSA) is 204 Å². The maximum absolute atomic E-state index is 13.4. The Morgan fingerprint density at radius 2 is 1.97 bits per heavy atom. The van der Waals surface area contributed by atoms with Crippen molar-refractivity contribution in [3.63, 3.8) is 0 Å². The quantitative estimate of drug-likeness (QED) is 0.229. The summed E-state index contributed by atoms with van der Waals surface area (Å²) in [5.41, 5.74) is 6.18. The number of carboxylic acid groups (broad SMARTS) is 1. The summed E-state index contributed by atoms with van der Waals surface area (Å²) in [5, 5.41) is 24.9. The number of nitrogens with two attached hydrogens (primary N) is 1. The van der Waals surface area contributed by atoms with E-state index in [2.05, 4.69) is 15.6 Å². The Morgan fingerprint density at radius 1 is 1.21 bits per heavy atom. The first-order valence-corrected chi connectivity index (χ1v) is 11.7. The van der Waals surface area contributed by atoms with Crippen LogP contribution >= 0.6 is 0 Å². The van der Waals surface area contributed by atoms with Gasteiger partial charge < -0.3 is 36.1 Å². The number of para-hydroxylation sites is 1. The maximum atomic E-state index is 13.4. The SMILES string of the molecule is CCN1CCN(C(=O)NC(C(=O)N[C@H]2Cc3cccc(C(=O)O)c3OB2O)c2ccc(N)nc2)C(=O)C1=O.